The average Bonchev–Trinajstić information content (AvgIpc) is 2.59. The minimum absolute atomic E-state index is 0.136. The number of hydrogen-bond donors (Lipinski definition) is 2. The van der Waals surface area contributed by atoms with Crippen LogP contribution in [0.25, 0.3) is 0 Å². The third kappa shape index (κ3) is 3.53. The number of rotatable bonds is 7. The van der Waals surface area contributed by atoms with Crippen LogP contribution in [-0.2, 0) is 6.54 Å². The molecule has 0 aliphatic carbocycles. The molecule has 0 spiro atoms. The topological polar surface area (TPSA) is 62.7 Å². The maximum Gasteiger partial charge on any atom is 0.343 e. The zero-order valence-electron chi connectivity index (χ0n) is 9.75. The Kier molecular flexibility index (Phi) is 5.34. The molecule has 16 heavy (non-hydrogen) atoms. The monoisotopic (exact) mass is 242 g/mol. The molecule has 0 aliphatic heterocycles. The Labute approximate surface area is 99.3 Å². The standard InChI is InChI=1S/C10H18N4OS/c1-4-5-14-9(15)12-13-10(14)16-7-8(2)6-11-3/h11H,2,4-7H2,1,3H3,(H,12,15). The van der Waals surface area contributed by atoms with Crippen LogP contribution in [0.4, 0.5) is 0 Å². The van der Waals surface area contributed by atoms with Gasteiger partial charge >= 0.3 is 5.69 Å². The van der Waals surface area contributed by atoms with Crippen molar-refractivity contribution in [2.45, 2.75) is 25.0 Å². The van der Waals surface area contributed by atoms with Crippen LogP contribution in [0.1, 0.15) is 13.3 Å². The molecule has 0 unspecified atom stereocenters. The van der Waals surface area contributed by atoms with Crippen LogP contribution in [0.2, 0.25) is 0 Å². The number of aromatic nitrogens is 3. The first-order valence-corrected chi connectivity index (χ1v) is 6.26. The lowest BCUT2D eigenvalue weighted by atomic mass is 10.3. The van der Waals surface area contributed by atoms with E-state index in [0.29, 0.717) is 6.54 Å². The second kappa shape index (κ2) is 6.55. The van der Waals surface area contributed by atoms with Crippen molar-refractivity contribution in [3.63, 3.8) is 0 Å². The first-order valence-electron chi connectivity index (χ1n) is 5.28. The van der Waals surface area contributed by atoms with Gasteiger partial charge in [-0.3, -0.25) is 4.57 Å². The summed E-state index contributed by atoms with van der Waals surface area (Å²) in [4.78, 5) is 11.4. The quantitative estimate of drug-likeness (QED) is 0.549. The highest BCUT2D eigenvalue weighted by molar-refractivity contribution is 7.99. The molecule has 6 heteroatoms. The lowest BCUT2D eigenvalue weighted by molar-refractivity contribution is 0.604. The number of hydrogen-bond acceptors (Lipinski definition) is 4. The van der Waals surface area contributed by atoms with E-state index in [0.717, 1.165) is 29.4 Å². The number of nitrogens with one attached hydrogen (secondary N) is 2. The van der Waals surface area contributed by atoms with Crippen molar-refractivity contribution in [2.75, 3.05) is 19.3 Å². The number of H-pyrrole nitrogens is 1. The van der Waals surface area contributed by atoms with Gasteiger partial charge in [-0.25, -0.2) is 9.89 Å². The van der Waals surface area contributed by atoms with Crippen LogP contribution in [0.3, 0.4) is 0 Å². The smallest absolute Gasteiger partial charge is 0.316 e. The van der Waals surface area contributed by atoms with Crippen LogP contribution >= 0.6 is 11.8 Å². The molecule has 0 saturated heterocycles. The van der Waals surface area contributed by atoms with Crippen molar-refractivity contribution in [2.24, 2.45) is 0 Å². The summed E-state index contributed by atoms with van der Waals surface area (Å²) in [7, 11) is 1.89. The molecule has 1 heterocycles. The molecule has 0 saturated carbocycles. The third-order valence-electron chi connectivity index (χ3n) is 2.00. The van der Waals surface area contributed by atoms with Gasteiger partial charge in [0.1, 0.15) is 0 Å². The minimum atomic E-state index is -0.136. The molecule has 2 N–H and O–H groups in total. The number of likely N-dealkylation sites (N-methyl/N-ethyl adjacent to an activating group) is 1. The number of nitrogens with zero attached hydrogens (tertiary/aromatic N) is 2. The molecule has 90 valence electrons. The molecule has 0 aromatic carbocycles. The van der Waals surface area contributed by atoms with Gasteiger partial charge < -0.3 is 5.32 Å². The van der Waals surface area contributed by atoms with Crippen molar-refractivity contribution in [3.05, 3.63) is 22.6 Å². The second-order valence-corrected chi connectivity index (χ2v) is 4.47. The lowest BCUT2D eigenvalue weighted by Gasteiger charge is -2.05. The average molecular weight is 242 g/mol. The largest absolute Gasteiger partial charge is 0.343 e. The summed E-state index contributed by atoms with van der Waals surface area (Å²) in [5.74, 6) is 0.773. The zero-order chi connectivity index (χ0) is 12.0. The van der Waals surface area contributed by atoms with Gasteiger partial charge in [-0.05, 0) is 13.5 Å². The fraction of sp³-hybridized carbons (Fsp3) is 0.600. The van der Waals surface area contributed by atoms with E-state index in [-0.39, 0.29) is 5.69 Å². The zero-order valence-corrected chi connectivity index (χ0v) is 10.6. The van der Waals surface area contributed by atoms with Crippen molar-refractivity contribution >= 4 is 11.8 Å². The van der Waals surface area contributed by atoms with E-state index in [4.69, 9.17) is 0 Å². The molecular formula is C10H18N4OS. The predicted molar refractivity (Wildman–Crippen MR) is 66.9 cm³/mol. The summed E-state index contributed by atoms with van der Waals surface area (Å²) in [6.07, 6.45) is 0.921. The summed E-state index contributed by atoms with van der Waals surface area (Å²) in [6.45, 7) is 7.46. The molecule has 0 amide bonds. The maximum absolute atomic E-state index is 11.4. The van der Waals surface area contributed by atoms with Gasteiger partial charge in [0, 0.05) is 18.8 Å². The van der Waals surface area contributed by atoms with E-state index >= 15 is 0 Å². The summed E-state index contributed by atoms with van der Waals surface area (Å²) in [5, 5.41) is 10.2. The maximum atomic E-state index is 11.4. The number of thioether (sulfide) groups is 1. The lowest BCUT2D eigenvalue weighted by Crippen LogP contribution is -2.17. The molecule has 0 fully saturated rings. The fourth-order valence-electron chi connectivity index (χ4n) is 1.30. The van der Waals surface area contributed by atoms with Gasteiger partial charge in [0.25, 0.3) is 0 Å². The molecule has 1 aromatic heterocycles. The van der Waals surface area contributed by atoms with Gasteiger partial charge in [-0.15, -0.1) is 5.10 Å². The Morgan fingerprint density at radius 2 is 2.44 bits per heavy atom. The fourth-order valence-corrected chi connectivity index (χ4v) is 2.18. The highest BCUT2D eigenvalue weighted by Gasteiger charge is 2.07. The van der Waals surface area contributed by atoms with Crippen molar-refractivity contribution in [1.29, 1.82) is 0 Å². The third-order valence-corrected chi connectivity index (χ3v) is 3.13. The molecular weight excluding hydrogens is 224 g/mol. The SMILES string of the molecule is C=C(CNC)CSc1n[nH]c(=O)n1CCC. The summed E-state index contributed by atoms with van der Waals surface area (Å²) < 4.78 is 1.66. The van der Waals surface area contributed by atoms with E-state index in [9.17, 15) is 4.79 Å². The Hall–Kier alpha value is -1.01. The van der Waals surface area contributed by atoms with E-state index in [1.54, 1.807) is 4.57 Å². The summed E-state index contributed by atoms with van der Waals surface area (Å²) in [6, 6.07) is 0. The second-order valence-electron chi connectivity index (χ2n) is 3.53. The van der Waals surface area contributed by atoms with E-state index < -0.39 is 0 Å². The minimum Gasteiger partial charge on any atom is -0.316 e. The van der Waals surface area contributed by atoms with Crippen LogP contribution in [0, 0.1) is 0 Å². The molecule has 0 bridgehead atoms. The highest BCUT2D eigenvalue weighted by atomic mass is 32.2. The Morgan fingerprint density at radius 1 is 1.69 bits per heavy atom. The number of aromatic amines is 1. The summed E-state index contributed by atoms with van der Waals surface area (Å²) >= 11 is 1.54. The van der Waals surface area contributed by atoms with Gasteiger partial charge in [0.05, 0.1) is 0 Å². The first kappa shape index (κ1) is 13.1. The van der Waals surface area contributed by atoms with Gasteiger partial charge in [0.15, 0.2) is 5.16 Å². The van der Waals surface area contributed by atoms with Crippen molar-refractivity contribution in [3.8, 4) is 0 Å². The normalized spacial score (nSPS) is 10.6. The molecule has 0 radical (unpaired) electrons. The van der Waals surface area contributed by atoms with Crippen LogP contribution in [0.5, 0.6) is 0 Å². The molecule has 1 rings (SSSR count). The van der Waals surface area contributed by atoms with Gasteiger partial charge in [0.2, 0.25) is 0 Å². The summed E-state index contributed by atoms with van der Waals surface area (Å²) in [5.41, 5.74) is 0.953. The highest BCUT2D eigenvalue weighted by Crippen LogP contribution is 2.15. The van der Waals surface area contributed by atoms with Crippen LogP contribution in [-0.4, -0.2) is 34.1 Å². The molecule has 5 nitrogen and oxygen atoms in total. The van der Waals surface area contributed by atoms with Gasteiger partial charge in [-0.1, -0.05) is 30.8 Å². The van der Waals surface area contributed by atoms with Crippen LogP contribution < -0.4 is 11.0 Å². The Balaban J connectivity index is 2.60. The van der Waals surface area contributed by atoms with Crippen molar-refractivity contribution < 1.29 is 0 Å². The first-order chi connectivity index (χ1) is 7.69. The van der Waals surface area contributed by atoms with Crippen LogP contribution in [0.15, 0.2) is 22.1 Å². The molecule has 1 aromatic rings. The van der Waals surface area contributed by atoms with E-state index in [2.05, 4.69) is 22.1 Å². The molecule has 0 atom stereocenters. The Morgan fingerprint density at radius 3 is 3.06 bits per heavy atom. The van der Waals surface area contributed by atoms with E-state index in [1.165, 1.54) is 11.8 Å². The Bertz CT molecular complexity index is 396. The predicted octanol–water partition coefficient (Wildman–Crippen LogP) is 0.849. The van der Waals surface area contributed by atoms with E-state index in [1.807, 2.05) is 14.0 Å². The van der Waals surface area contributed by atoms with Gasteiger partial charge in [-0.2, -0.15) is 0 Å². The molecule has 0 aliphatic rings. The van der Waals surface area contributed by atoms with Crippen molar-refractivity contribution in [1.82, 2.24) is 20.1 Å².